The van der Waals surface area contributed by atoms with Crippen molar-refractivity contribution in [2.24, 2.45) is 5.92 Å². The molecule has 0 aliphatic heterocycles. The number of hydrogen-bond donors (Lipinski definition) is 0. The number of carbonyl (C=O) groups excluding carboxylic acids is 1. The molecule has 22 heavy (non-hydrogen) atoms. The van der Waals surface area contributed by atoms with Crippen LogP contribution in [0.2, 0.25) is 5.02 Å². The quantitative estimate of drug-likeness (QED) is 0.781. The summed E-state index contributed by atoms with van der Waals surface area (Å²) in [6.45, 7) is 4.06. The first-order chi connectivity index (χ1) is 10.4. The van der Waals surface area contributed by atoms with Crippen LogP contribution in [0.15, 0.2) is 48.5 Å². The van der Waals surface area contributed by atoms with E-state index in [1.807, 2.05) is 38.1 Å². The highest BCUT2D eigenvalue weighted by molar-refractivity contribution is 6.31. The molecule has 4 heteroatoms. The van der Waals surface area contributed by atoms with Gasteiger partial charge in [0.1, 0.15) is 5.82 Å². The second kappa shape index (κ2) is 6.93. The van der Waals surface area contributed by atoms with Crippen LogP contribution in [0.3, 0.4) is 0 Å². The third-order valence-corrected chi connectivity index (χ3v) is 4.01. The highest BCUT2D eigenvalue weighted by Crippen LogP contribution is 2.33. The van der Waals surface area contributed by atoms with Gasteiger partial charge in [0.15, 0.2) is 0 Å². The summed E-state index contributed by atoms with van der Waals surface area (Å²) in [7, 11) is 1.72. The van der Waals surface area contributed by atoms with E-state index in [0.717, 1.165) is 5.56 Å². The predicted octanol–water partition coefficient (Wildman–Crippen LogP) is 4.95. The van der Waals surface area contributed by atoms with Crippen molar-refractivity contribution in [2.45, 2.75) is 19.9 Å². The number of benzene rings is 2. The third kappa shape index (κ3) is 3.47. The molecular weight excluding hydrogens is 301 g/mol. The lowest BCUT2D eigenvalue weighted by molar-refractivity contribution is 0.0687. The van der Waals surface area contributed by atoms with Crippen molar-refractivity contribution >= 4 is 17.5 Å². The molecule has 1 amide bonds. The standard InChI is InChI=1S/C18H19ClFNO/c1-12(2)17(15-9-4-5-10-16(15)19)21(3)18(22)13-7-6-8-14(20)11-13/h4-12,17H,1-3H3. The molecule has 0 N–H and O–H groups in total. The van der Waals surface area contributed by atoms with Crippen LogP contribution in [0.1, 0.15) is 35.8 Å². The topological polar surface area (TPSA) is 20.3 Å². The Morgan fingerprint density at radius 3 is 2.41 bits per heavy atom. The van der Waals surface area contributed by atoms with Crippen molar-refractivity contribution in [3.8, 4) is 0 Å². The molecule has 0 aliphatic rings. The van der Waals surface area contributed by atoms with E-state index in [0.29, 0.717) is 10.6 Å². The van der Waals surface area contributed by atoms with Gasteiger partial charge in [-0.25, -0.2) is 4.39 Å². The van der Waals surface area contributed by atoms with E-state index in [4.69, 9.17) is 11.6 Å². The van der Waals surface area contributed by atoms with E-state index >= 15 is 0 Å². The summed E-state index contributed by atoms with van der Waals surface area (Å²) in [5, 5.41) is 0.625. The SMILES string of the molecule is CC(C)C(c1ccccc1Cl)N(C)C(=O)c1cccc(F)c1. The van der Waals surface area contributed by atoms with Crippen LogP contribution >= 0.6 is 11.6 Å². The van der Waals surface area contributed by atoms with Gasteiger partial charge in [-0.3, -0.25) is 4.79 Å². The third-order valence-electron chi connectivity index (χ3n) is 3.66. The molecule has 0 heterocycles. The van der Waals surface area contributed by atoms with Gasteiger partial charge in [0.25, 0.3) is 5.91 Å². The highest BCUT2D eigenvalue weighted by atomic mass is 35.5. The molecule has 2 nitrogen and oxygen atoms in total. The maximum absolute atomic E-state index is 13.3. The van der Waals surface area contributed by atoms with Crippen molar-refractivity contribution in [2.75, 3.05) is 7.05 Å². The van der Waals surface area contributed by atoms with Gasteiger partial charge < -0.3 is 4.90 Å². The van der Waals surface area contributed by atoms with Gasteiger partial charge in [0.2, 0.25) is 0 Å². The van der Waals surface area contributed by atoms with Gasteiger partial charge in [-0.15, -0.1) is 0 Å². The molecular formula is C18H19ClFNO. The summed E-state index contributed by atoms with van der Waals surface area (Å²) < 4.78 is 13.3. The maximum Gasteiger partial charge on any atom is 0.254 e. The summed E-state index contributed by atoms with van der Waals surface area (Å²) in [6.07, 6.45) is 0. The second-order valence-electron chi connectivity index (χ2n) is 5.64. The Morgan fingerprint density at radius 1 is 1.14 bits per heavy atom. The first-order valence-electron chi connectivity index (χ1n) is 7.19. The van der Waals surface area contributed by atoms with Crippen LogP contribution in [0, 0.1) is 11.7 Å². The van der Waals surface area contributed by atoms with Crippen molar-refractivity contribution in [1.82, 2.24) is 4.90 Å². The zero-order valence-corrected chi connectivity index (χ0v) is 13.6. The Labute approximate surface area is 135 Å². The van der Waals surface area contributed by atoms with Crippen LogP contribution in [-0.4, -0.2) is 17.9 Å². The number of nitrogens with zero attached hydrogens (tertiary/aromatic N) is 1. The van der Waals surface area contributed by atoms with Crippen LogP contribution in [0.5, 0.6) is 0 Å². The van der Waals surface area contributed by atoms with E-state index in [1.54, 1.807) is 18.0 Å². The first kappa shape index (κ1) is 16.5. The molecule has 2 aromatic carbocycles. The molecule has 0 spiro atoms. The first-order valence-corrected chi connectivity index (χ1v) is 7.56. The highest BCUT2D eigenvalue weighted by Gasteiger charge is 2.27. The minimum atomic E-state index is -0.418. The average molecular weight is 320 g/mol. The van der Waals surface area contributed by atoms with Gasteiger partial charge in [0.05, 0.1) is 6.04 Å². The largest absolute Gasteiger partial charge is 0.334 e. The summed E-state index contributed by atoms with van der Waals surface area (Å²) in [5.41, 5.74) is 1.23. The number of amides is 1. The normalized spacial score (nSPS) is 12.3. The Bertz CT molecular complexity index is 672. The molecule has 1 unspecified atom stereocenters. The van der Waals surface area contributed by atoms with Crippen molar-refractivity contribution in [3.63, 3.8) is 0 Å². The summed E-state index contributed by atoms with van der Waals surface area (Å²) in [6, 6.07) is 13.0. The number of rotatable bonds is 4. The lowest BCUT2D eigenvalue weighted by Gasteiger charge is -2.32. The van der Waals surface area contributed by atoms with Gasteiger partial charge in [0, 0.05) is 17.6 Å². The van der Waals surface area contributed by atoms with Crippen molar-refractivity contribution in [3.05, 3.63) is 70.5 Å². The molecule has 116 valence electrons. The van der Waals surface area contributed by atoms with Gasteiger partial charge in [-0.05, 0) is 35.7 Å². The predicted molar refractivity (Wildman–Crippen MR) is 87.5 cm³/mol. The molecule has 0 bridgehead atoms. The summed E-state index contributed by atoms with van der Waals surface area (Å²) in [4.78, 5) is 14.3. The molecule has 0 fully saturated rings. The fourth-order valence-electron chi connectivity index (χ4n) is 2.68. The van der Waals surface area contributed by atoms with Crippen molar-refractivity contribution in [1.29, 1.82) is 0 Å². The van der Waals surface area contributed by atoms with E-state index in [9.17, 15) is 9.18 Å². The van der Waals surface area contributed by atoms with Gasteiger partial charge >= 0.3 is 0 Å². The zero-order chi connectivity index (χ0) is 16.3. The second-order valence-corrected chi connectivity index (χ2v) is 6.04. The fourth-order valence-corrected chi connectivity index (χ4v) is 2.93. The van der Waals surface area contributed by atoms with E-state index in [1.165, 1.54) is 18.2 Å². The minimum Gasteiger partial charge on any atom is -0.334 e. The molecule has 0 aromatic heterocycles. The summed E-state index contributed by atoms with van der Waals surface area (Å²) in [5.74, 6) is -0.474. The van der Waals surface area contributed by atoms with E-state index < -0.39 is 5.82 Å². The zero-order valence-electron chi connectivity index (χ0n) is 12.9. The Morgan fingerprint density at radius 2 is 1.82 bits per heavy atom. The number of hydrogen-bond acceptors (Lipinski definition) is 1. The Kier molecular flexibility index (Phi) is 5.19. The van der Waals surface area contributed by atoms with Crippen LogP contribution in [0.4, 0.5) is 4.39 Å². The lowest BCUT2D eigenvalue weighted by Crippen LogP contribution is -2.34. The van der Waals surface area contributed by atoms with Gasteiger partial charge in [-0.2, -0.15) is 0 Å². The van der Waals surface area contributed by atoms with Crippen molar-refractivity contribution < 1.29 is 9.18 Å². The fraction of sp³-hybridized carbons (Fsp3) is 0.278. The van der Waals surface area contributed by atoms with E-state index in [-0.39, 0.29) is 17.9 Å². The maximum atomic E-state index is 13.3. The van der Waals surface area contributed by atoms with Crippen LogP contribution in [-0.2, 0) is 0 Å². The minimum absolute atomic E-state index is 0.169. The Hall–Kier alpha value is -1.87. The molecule has 0 saturated carbocycles. The smallest absolute Gasteiger partial charge is 0.254 e. The molecule has 1 atom stereocenters. The monoisotopic (exact) mass is 319 g/mol. The van der Waals surface area contributed by atoms with E-state index in [2.05, 4.69) is 0 Å². The van der Waals surface area contributed by atoms with Gasteiger partial charge in [-0.1, -0.05) is 49.7 Å². The molecule has 2 aromatic rings. The summed E-state index contributed by atoms with van der Waals surface area (Å²) >= 11 is 6.29. The lowest BCUT2D eigenvalue weighted by atomic mass is 9.94. The number of carbonyl (C=O) groups is 1. The molecule has 0 saturated heterocycles. The molecule has 0 aliphatic carbocycles. The molecule has 0 radical (unpaired) electrons. The van der Waals surface area contributed by atoms with Crippen LogP contribution < -0.4 is 0 Å². The number of halogens is 2. The Balaban J connectivity index is 2.37. The molecule has 2 rings (SSSR count). The van der Waals surface area contributed by atoms with Crippen LogP contribution in [0.25, 0.3) is 0 Å². The average Bonchev–Trinajstić information content (AvgIpc) is 2.48.